The van der Waals surface area contributed by atoms with Gasteiger partial charge in [0.1, 0.15) is 0 Å². The van der Waals surface area contributed by atoms with E-state index >= 15 is 0 Å². The summed E-state index contributed by atoms with van der Waals surface area (Å²) < 4.78 is 10.0. The summed E-state index contributed by atoms with van der Waals surface area (Å²) in [6, 6.07) is 1.59. The molecule has 1 aromatic rings. The zero-order valence-electron chi connectivity index (χ0n) is 11.1. The predicted molar refractivity (Wildman–Crippen MR) is 67.5 cm³/mol. The molecular formula is C12H19N3O3. The Kier molecular flexibility index (Phi) is 5.35. The van der Waals surface area contributed by atoms with Gasteiger partial charge in [-0.25, -0.2) is 4.98 Å². The molecule has 1 unspecified atom stereocenters. The van der Waals surface area contributed by atoms with Crippen LogP contribution in [0.1, 0.15) is 27.2 Å². The van der Waals surface area contributed by atoms with Gasteiger partial charge >= 0.3 is 5.97 Å². The van der Waals surface area contributed by atoms with Gasteiger partial charge in [0.2, 0.25) is 11.8 Å². The first-order chi connectivity index (χ1) is 8.51. The Hall–Kier alpha value is -1.85. The fraction of sp³-hybridized carbons (Fsp3) is 0.583. The number of hydrogen-bond acceptors (Lipinski definition) is 6. The largest absolute Gasteiger partial charge is 0.475 e. The summed E-state index contributed by atoms with van der Waals surface area (Å²) in [6.07, 6.45) is 1.92. The van der Waals surface area contributed by atoms with Gasteiger partial charge in [-0.3, -0.25) is 4.79 Å². The topological polar surface area (TPSA) is 73.3 Å². The molecule has 0 aromatic carbocycles. The predicted octanol–water partition coefficient (Wildman–Crippen LogP) is 1.63. The van der Waals surface area contributed by atoms with Crippen molar-refractivity contribution in [3.63, 3.8) is 0 Å². The number of anilines is 1. The van der Waals surface area contributed by atoms with Crippen LogP contribution in [0.2, 0.25) is 0 Å². The second-order valence-corrected chi connectivity index (χ2v) is 4.21. The molecule has 100 valence electrons. The van der Waals surface area contributed by atoms with Gasteiger partial charge in [-0.05, 0) is 20.8 Å². The van der Waals surface area contributed by atoms with Crippen LogP contribution in [-0.2, 0) is 9.53 Å². The molecule has 0 fully saturated rings. The van der Waals surface area contributed by atoms with Crippen molar-refractivity contribution < 1.29 is 14.3 Å². The van der Waals surface area contributed by atoms with Gasteiger partial charge in [0.25, 0.3) is 0 Å². The molecule has 0 amide bonds. The van der Waals surface area contributed by atoms with E-state index in [1.54, 1.807) is 12.3 Å². The van der Waals surface area contributed by atoms with E-state index in [-0.39, 0.29) is 24.5 Å². The number of nitrogens with one attached hydrogen (secondary N) is 1. The Morgan fingerprint density at radius 3 is 2.78 bits per heavy atom. The molecule has 0 aliphatic carbocycles. The minimum Gasteiger partial charge on any atom is -0.475 e. The summed E-state index contributed by atoms with van der Waals surface area (Å²) >= 11 is 0. The second-order valence-electron chi connectivity index (χ2n) is 4.21. The number of carbonyl (C=O) groups excluding carboxylic acids is 1. The van der Waals surface area contributed by atoms with E-state index in [2.05, 4.69) is 20.0 Å². The Balaban J connectivity index is 2.58. The fourth-order valence-electron chi connectivity index (χ4n) is 1.32. The minimum atomic E-state index is -0.274. The number of hydrogen-bond donors (Lipinski definition) is 1. The lowest BCUT2D eigenvalue weighted by Gasteiger charge is -2.13. The van der Waals surface area contributed by atoms with Crippen molar-refractivity contribution in [2.24, 2.45) is 0 Å². The van der Waals surface area contributed by atoms with Gasteiger partial charge < -0.3 is 14.8 Å². The maximum Gasteiger partial charge on any atom is 0.307 e. The third kappa shape index (κ3) is 4.99. The van der Waals surface area contributed by atoms with Crippen molar-refractivity contribution in [1.29, 1.82) is 0 Å². The van der Waals surface area contributed by atoms with Crippen molar-refractivity contribution in [2.75, 3.05) is 12.4 Å². The molecule has 6 nitrogen and oxygen atoms in total. The van der Waals surface area contributed by atoms with Crippen molar-refractivity contribution >= 4 is 11.9 Å². The van der Waals surface area contributed by atoms with Crippen LogP contribution < -0.4 is 10.1 Å². The summed E-state index contributed by atoms with van der Waals surface area (Å²) in [5.41, 5.74) is 0. The standard InChI is InChI=1S/C12H19N3O3/c1-8(2)18-10-5-6-13-12(15-10)14-9(3)7-11(16)17-4/h5-6,8-9H,7H2,1-4H3,(H,13,14,15). The molecule has 1 heterocycles. The summed E-state index contributed by atoms with van der Waals surface area (Å²) in [5, 5.41) is 3.02. The lowest BCUT2D eigenvalue weighted by Crippen LogP contribution is -2.21. The average Bonchev–Trinajstić information content (AvgIpc) is 2.28. The molecule has 0 spiro atoms. The van der Waals surface area contributed by atoms with Crippen LogP contribution in [0.15, 0.2) is 12.3 Å². The smallest absolute Gasteiger partial charge is 0.307 e. The van der Waals surface area contributed by atoms with Crippen molar-refractivity contribution in [1.82, 2.24) is 9.97 Å². The van der Waals surface area contributed by atoms with Crippen LogP contribution in [0, 0.1) is 0 Å². The normalized spacial score (nSPS) is 12.1. The van der Waals surface area contributed by atoms with Gasteiger partial charge in [-0.2, -0.15) is 4.98 Å². The van der Waals surface area contributed by atoms with Crippen molar-refractivity contribution in [2.45, 2.75) is 39.3 Å². The minimum absolute atomic E-state index is 0.0558. The highest BCUT2D eigenvalue weighted by Gasteiger charge is 2.10. The van der Waals surface area contributed by atoms with Crippen molar-refractivity contribution in [3.05, 3.63) is 12.3 Å². The Morgan fingerprint density at radius 2 is 2.17 bits per heavy atom. The van der Waals surface area contributed by atoms with Gasteiger partial charge in [-0.15, -0.1) is 0 Å². The van der Waals surface area contributed by atoms with Crippen LogP contribution >= 0.6 is 0 Å². The molecule has 1 atom stereocenters. The third-order valence-corrected chi connectivity index (χ3v) is 2.06. The van der Waals surface area contributed by atoms with E-state index in [4.69, 9.17) is 4.74 Å². The molecule has 1 aromatic heterocycles. The molecule has 0 saturated heterocycles. The van der Waals surface area contributed by atoms with Crippen LogP contribution in [0.3, 0.4) is 0 Å². The van der Waals surface area contributed by atoms with Crippen LogP contribution in [0.4, 0.5) is 5.95 Å². The maximum atomic E-state index is 11.1. The molecular weight excluding hydrogens is 234 g/mol. The van der Waals surface area contributed by atoms with Gasteiger partial charge in [0.05, 0.1) is 19.6 Å². The molecule has 18 heavy (non-hydrogen) atoms. The lowest BCUT2D eigenvalue weighted by molar-refractivity contribution is -0.140. The van der Waals surface area contributed by atoms with Crippen LogP contribution in [-0.4, -0.2) is 35.2 Å². The number of aromatic nitrogens is 2. The highest BCUT2D eigenvalue weighted by Crippen LogP contribution is 2.11. The number of carbonyl (C=O) groups is 1. The van der Waals surface area contributed by atoms with Crippen LogP contribution in [0.25, 0.3) is 0 Å². The molecule has 0 radical (unpaired) electrons. The quantitative estimate of drug-likeness (QED) is 0.777. The van der Waals surface area contributed by atoms with E-state index < -0.39 is 0 Å². The highest BCUT2D eigenvalue weighted by atomic mass is 16.5. The fourth-order valence-corrected chi connectivity index (χ4v) is 1.32. The van der Waals surface area contributed by atoms with Gasteiger partial charge in [0.15, 0.2) is 0 Å². The van der Waals surface area contributed by atoms with E-state index in [0.29, 0.717) is 11.8 Å². The van der Waals surface area contributed by atoms with Crippen molar-refractivity contribution in [3.8, 4) is 5.88 Å². The molecule has 0 aliphatic rings. The number of ether oxygens (including phenoxy) is 2. The molecule has 1 N–H and O–H groups in total. The first-order valence-corrected chi connectivity index (χ1v) is 5.84. The zero-order chi connectivity index (χ0) is 13.5. The van der Waals surface area contributed by atoms with E-state index in [1.165, 1.54) is 7.11 Å². The molecule has 1 rings (SSSR count). The van der Waals surface area contributed by atoms with Gasteiger partial charge in [-0.1, -0.05) is 0 Å². The number of esters is 1. The monoisotopic (exact) mass is 253 g/mol. The van der Waals surface area contributed by atoms with Crippen LogP contribution in [0.5, 0.6) is 5.88 Å². The number of methoxy groups -OCH3 is 1. The average molecular weight is 253 g/mol. The SMILES string of the molecule is COC(=O)CC(C)Nc1nccc(OC(C)C)n1. The third-order valence-electron chi connectivity index (χ3n) is 2.06. The first-order valence-electron chi connectivity index (χ1n) is 5.84. The second kappa shape index (κ2) is 6.78. The number of nitrogens with zero attached hydrogens (tertiary/aromatic N) is 2. The summed E-state index contributed by atoms with van der Waals surface area (Å²) in [6.45, 7) is 5.71. The van der Waals surface area contributed by atoms with E-state index in [0.717, 1.165) is 0 Å². The first kappa shape index (κ1) is 14.2. The molecule has 6 heteroatoms. The van der Waals surface area contributed by atoms with E-state index in [9.17, 15) is 4.79 Å². The Labute approximate surface area is 107 Å². The molecule has 0 aliphatic heterocycles. The Morgan fingerprint density at radius 1 is 1.44 bits per heavy atom. The lowest BCUT2D eigenvalue weighted by atomic mass is 10.2. The highest BCUT2D eigenvalue weighted by molar-refractivity contribution is 5.70. The Bertz CT molecular complexity index is 396. The zero-order valence-corrected chi connectivity index (χ0v) is 11.1. The van der Waals surface area contributed by atoms with Gasteiger partial charge in [0, 0.05) is 18.3 Å². The summed E-state index contributed by atoms with van der Waals surface area (Å²) in [4.78, 5) is 19.4. The molecule has 0 saturated carbocycles. The number of rotatable bonds is 6. The van der Waals surface area contributed by atoms with E-state index in [1.807, 2.05) is 20.8 Å². The molecule has 0 bridgehead atoms. The summed E-state index contributed by atoms with van der Waals surface area (Å²) in [5.74, 6) is 0.668. The maximum absolute atomic E-state index is 11.1. The summed E-state index contributed by atoms with van der Waals surface area (Å²) in [7, 11) is 1.36.